The van der Waals surface area contributed by atoms with Gasteiger partial charge < -0.3 is 30.1 Å². The lowest BCUT2D eigenvalue weighted by Crippen LogP contribution is -2.36. The Bertz CT molecular complexity index is 1300. The molecule has 10 nitrogen and oxygen atoms in total. The molecule has 0 bridgehead atoms. The molecular weight excluding hydrogens is 500 g/mol. The van der Waals surface area contributed by atoms with Crippen molar-refractivity contribution in [3.8, 4) is 22.8 Å². The summed E-state index contributed by atoms with van der Waals surface area (Å²) in [5.74, 6) is 7.04. The lowest BCUT2D eigenvalue weighted by atomic mass is 9.88. The first-order valence-electron chi connectivity index (χ1n) is 13.0. The van der Waals surface area contributed by atoms with E-state index in [-0.39, 0.29) is 30.2 Å². The fraction of sp³-hybridized carbons (Fsp3) is 0.414. The highest BCUT2D eigenvalue weighted by molar-refractivity contribution is 5.95. The number of ether oxygens (including phenoxy) is 3. The van der Waals surface area contributed by atoms with Crippen LogP contribution in [0.5, 0.6) is 11.5 Å². The molecule has 0 aliphatic carbocycles. The van der Waals surface area contributed by atoms with Gasteiger partial charge in [-0.2, -0.15) is 0 Å². The normalized spacial score (nSPS) is 16.1. The molecule has 1 fully saturated rings. The number of nitrogens with zero attached hydrogens (tertiary/aromatic N) is 3. The van der Waals surface area contributed by atoms with E-state index < -0.39 is 11.6 Å². The molecule has 0 radical (unpaired) electrons. The van der Waals surface area contributed by atoms with Crippen LogP contribution in [-0.4, -0.2) is 64.1 Å². The number of benzene rings is 2. The second kappa shape index (κ2) is 11.8. The maximum Gasteiger partial charge on any atom is 0.410 e. The summed E-state index contributed by atoms with van der Waals surface area (Å²) < 4.78 is 18.0. The smallest absolute Gasteiger partial charge is 0.410 e. The van der Waals surface area contributed by atoms with Crippen LogP contribution in [0.15, 0.2) is 54.6 Å². The van der Waals surface area contributed by atoms with Gasteiger partial charge in [-0.1, -0.05) is 30.3 Å². The highest BCUT2D eigenvalue weighted by Crippen LogP contribution is 2.39. The van der Waals surface area contributed by atoms with Gasteiger partial charge in [0, 0.05) is 31.2 Å². The SMILES string of the molecule is COC(=O)c1c(-c2ccccc2Oc2ccccc2)nc(C(CCO)C2CCN(C(=O)OC(C)(C)C)C2)n1N. The van der Waals surface area contributed by atoms with Crippen molar-refractivity contribution in [3.05, 3.63) is 66.1 Å². The minimum absolute atomic E-state index is 0.0523. The van der Waals surface area contributed by atoms with Crippen LogP contribution in [0.1, 0.15) is 55.8 Å². The van der Waals surface area contributed by atoms with E-state index in [1.54, 1.807) is 17.0 Å². The molecule has 2 unspecified atom stereocenters. The molecule has 1 aliphatic heterocycles. The van der Waals surface area contributed by atoms with Crippen molar-refractivity contribution in [2.24, 2.45) is 5.92 Å². The van der Waals surface area contributed by atoms with Crippen molar-refractivity contribution >= 4 is 12.1 Å². The quantitative estimate of drug-likeness (QED) is 0.317. The van der Waals surface area contributed by atoms with E-state index >= 15 is 0 Å². The second-order valence-electron chi connectivity index (χ2n) is 10.5. The average Bonchev–Trinajstić information content (AvgIpc) is 3.52. The van der Waals surface area contributed by atoms with Crippen LogP contribution < -0.4 is 10.6 Å². The number of likely N-dealkylation sites (tertiary alicyclic amines) is 1. The van der Waals surface area contributed by atoms with Crippen LogP contribution in [-0.2, 0) is 9.47 Å². The van der Waals surface area contributed by atoms with Gasteiger partial charge in [-0.3, -0.25) is 0 Å². The van der Waals surface area contributed by atoms with Crippen molar-refractivity contribution in [1.82, 2.24) is 14.6 Å². The van der Waals surface area contributed by atoms with E-state index in [9.17, 15) is 14.7 Å². The van der Waals surface area contributed by atoms with Crippen LogP contribution >= 0.6 is 0 Å². The third-order valence-corrected chi connectivity index (χ3v) is 6.65. The number of methoxy groups -OCH3 is 1. The molecule has 1 saturated heterocycles. The summed E-state index contributed by atoms with van der Waals surface area (Å²) in [6.45, 7) is 6.30. The first kappa shape index (κ1) is 28.0. The highest BCUT2D eigenvalue weighted by atomic mass is 16.6. The number of aliphatic hydroxyl groups is 1. The molecule has 2 heterocycles. The highest BCUT2D eigenvalue weighted by Gasteiger charge is 2.38. The first-order valence-corrected chi connectivity index (χ1v) is 13.0. The molecule has 39 heavy (non-hydrogen) atoms. The number of hydrogen-bond donors (Lipinski definition) is 2. The molecule has 4 rings (SSSR count). The number of hydrogen-bond acceptors (Lipinski definition) is 8. The van der Waals surface area contributed by atoms with Gasteiger partial charge >= 0.3 is 12.1 Å². The van der Waals surface area contributed by atoms with E-state index in [1.807, 2.05) is 63.2 Å². The summed E-state index contributed by atoms with van der Waals surface area (Å²) >= 11 is 0. The zero-order valence-electron chi connectivity index (χ0n) is 22.8. The summed E-state index contributed by atoms with van der Waals surface area (Å²) in [6, 6.07) is 16.5. The van der Waals surface area contributed by atoms with E-state index in [2.05, 4.69) is 0 Å². The number of esters is 1. The Morgan fingerprint density at radius 2 is 1.82 bits per heavy atom. The minimum Gasteiger partial charge on any atom is -0.464 e. The Hall–Kier alpha value is -4.05. The van der Waals surface area contributed by atoms with E-state index in [0.29, 0.717) is 54.5 Å². The molecule has 2 atom stereocenters. The fourth-order valence-corrected chi connectivity index (χ4v) is 4.88. The molecule has 0 saturated carbocycles. The number of nitrogen functional groups attached to an aromatic ring is 1. The number of carbonyl (C=O) groups is 2. The maximum atomic E-state index is 13.0. The average molecular weight is 537 g/mol. The van der Waals surface area contributed by atoms with Gasteiger partial charge in [0.1, 0.15) is 28.6 Å². The molecule has 2 aromatic carbocycles. The number of carbonyl (C=O) groups excluding carboxylic acids is 2. The second-order valence-corrected chi connectivity index (χ2v) is 10.5. The van der Waals surface area contributed by atoms with Crippen LogP contribution in [0.3, 0.4) is 0 Å². The summed E-state index contributed by atoms with van der Waals surface area (Å²) in [5.41, 5.74) is 0.348. The van der Waals surface area contributed by atoms with Gasteiger partial charge in [-0.15, -0.1) is 0 Å². The van der Waals surface area contributed by atoms with Crippen LogP contribution in [0, 0.1) is 5.92 Å². The molecular formula is C29H36N4O6. The van der Waals surface area contributed by atoms with Crippen molar-refractivity contribution in [3.63, 3.8) is 0 Å². The lowest BCUT2D eigenvalue weighted by molar-refractivity contribution is 0.0285. The van der Waals surface area contributed by atoms with Gasteiger partial charge in [0.25, 0.3) is 0 Å². The summed E-state index contributed by atoms with van der Waals surface area (Å²) in [4.78, 5) is 32.2. The first-order chi connectivity index (χ1) is 18.6. The van der Waals surface area contributed by atoms with Gasteiger partial charge in [0.05, 0.1) is 7.11 Å². The van der Waals surface area contributed by atoms with Gasteiger partial charge in [0.15, 0.2) is 5.69 Å². The monoisotopic (exact) mass is 536 g/mol. The zero-order chi connectivity index (χ0) is 28.2. The lowest BCUT2D eigenvalue weighted by Gasteiger charge is -2.26. The summed E-state index contributed by atoms with van der Waals surface area (Å²) in [6.07, 6.45) is 0.642. The molecule has 3 N–H and O–H groups in total. The van der Waals surface area contributed by atoms with Crippen molar-refractivity contribution < 1.29 is 28.9 Å². The Morgan fingerprint density at radius 1 is 1.13 bits per heavy atom. The fourth-order valence-electron chi connectivity index (χ4n) is 4.88. The van der Waals surface area contributed by atoms with Gasteiger partial charge in [-0.05, 0) is 63.8 Å². The van der Waals surface area contributed by atoms with E-state index in [1.165, 1.54) is 11.8 Å². The van der Waals surface area contributed by atoms with Gasteiger partial charge in [-0.25, -0.2) is 19.2 Å². The number of rotatable bonds is 8. The molecule has 10 heteroatoms. The molecule has 3 aromatic rings. The van der Waals surface area contributed by atoms with E-state index in [0.717, 1.165) is 0 Å². The Labute approximate surface area is 228 Å². The third-order valence-electron chi connectivity index (χ3n) is 6.65. The largest absolute Gasteiger partial charge is 0.464 e. The summed E-state index contributed by atoms with van der Waals surface area (Å²) in [7, 11) is 1.28. The van der Waals surface area contributed by atoms with Crippen molar-refractivity contribution in [2.45, 2.75) is 45.1 Å². The Morgan fingerprint density at radius 3 is 2.49 bits per heavy atom. The number of aromatic nitrogens is 2. The molecule has 1 aromatic heterocycles. The van der Waals surface area contributed by atoms with Gasteiger partial charge in [0.2, 0.25) is 0 Å². The number of nitrogens with two attached hydrogens (primary N) is 1. The summed E-state index contributed by atoms with van der Waals surface area (Å²) in [5, 5.41) is 9.94. The number of para-hydroxylation sites is 2. The Balaban J connectivity index is 1.72. The predicted molar refractivity (Wildman–Crippen MR) is 146 cm³/mol. The van der Waals surface area contributed by atoms with Crippen molar-refractivity contribution in [2.75, 3.05) is 32.6 Å². The van der Waals surface area contributed by atoms with E-state index in [4.69, 9.17) is 25.0 Å². The minimum atomic E-state index is -0.648. The predicted octanol–water partition coefficient (Wildman–Crippen LogP) is 4.57. The molecule has 0 spiro atoms. The molecule has 1 aliphatic rings. The van der Waals surface area contributed by atoms with Crippen LogP contribution in [0.4, 0.5) is 4.79 Å². The molecule has 208 valence electrons. The molecule has 1 amide bonds. The third kappa shape index (κ3) is 6.34. The zero-order valence-corrected chi connectivity index (χ0v) is 22.8. The van der Waals surface area contributed by atoms with Crippen LogP contribution in [0.25, 0.3) is 11.3 Å². The Kier molecular flexibility index (Phi) is 8.44. The maximum absolute atomic E-state index is 13.0. The number of amides is 1. The topological polar surface area (TPSA) is 129 Å². The number of aliphatic hydroxyl groups excluding tert-OH is 1. The van der Waals surface area contributed by atoms with Crippen LogP contribution in [0.2, 0.25) is 0 Å². The van der Waals surface area contributed by atoms with Crippen molar-refractivity contribution in [1.29, 1.82) is 0 Å². The standard InChI is InChI=1S/C29H36N4O6/c1-29(2,3)39-28(36)32-16-14-19(18-32)21(15-17-34)26-31-24(25(33(26)30)27(35)37-4)22-12-8-9-13-23(22)38-20-10-6-5-7-11-20/h5-13,19,21,34H,14-18,30H2,1-4H3. The number of imidazole rings is 1.